The topological polar surface area (TPSA) is 90.5 Å². The van der Waals surface area contributed by atoms with Crippen LogP contribution in [0.4, 0.5) is 0 Å². The van der Waals surface area contributed by atoms with Crippen molar-refractivity contribution in [3.8, 4) is 17.6 Å². The highest BCUT2D eigenvalue weighted by atomic mass is 16.5. The van der Waals surface area contributed by atoms with Crippen LogP contribution in [-0.4, -0.2) is 22.8 Å². The van der Waals surface area contributed by atoms with Crippen LogP contribution in [0.3, 0.4) is 0 Å². The molecule has 96 valence electrons. The SMILES string of the molecule is N#Cc1ccc(O)cc1OCCCCCC(=O)O. The zero-order valence-electron chi connectivity index (χ0n) is 9.93. The van der Waals surface area contributed by atoms with Crippen molar-refractivity contribution >= 4 is 5.97 Å². The van der Waals surface area contributed by atoms with Gasteiger partial charge in [0.15, 0.2) is 0 Å². The van der Waals surface area contributed by atoms with Gasteiger partial charge in [0.1, 0.15) is 17.6 Å². The first-order valence-electron chi connectivity index (χ1n) is 5.71. The smallest absolute Gasteiger partial charge is 0.303 e. The van der Waals surface area contributed by atoms with Crippen molar-refractivity contribution in [3.63, 3.8) is 0 Å². The van der Waals surface area contributed by atoms with Gasteiger partial charge in [0, 0.05) is 12.5 Å². The molecule has 0 saturated carbocycles. The molecule has 1 aromatic rings. The minimum Gasteiger partial charge on any atom is -0.508 e. The number of carbonyl (C=O) groups is 1. The monoisotopic (exact) mass is 249 g/mol. The van der Waals surface area contributed by atoms with Gasteiger partial charge in [0.2, 0.25) is 0 Å². The maximum atomic E-state index is 10.3. The number of aliphatic carboxylic acids is 1. The number of rotatable bonds is 7. The Morgan fingerprint density at radius 1 is 1.33 bits per heavy atom. The number of nitrogens with zero attached hydrogens (tertiary/aromatic N) is 1. The molecule has 0 spiro atoms. The van der Waals surface area contributed by atoms with Crippen LogP contribution in [-0.2, 0) is 4.79 Å². The van der Waals surface area contributed by atoms with E-state index in [1.165, 1.54) is 18.2 Å². The molecule has 0 unspecified atom stereocenters. The van der Waals surface area contributed by atoms with Crippen molar-refractivity contribution in [3.05, 3.63) is 23.8 Å². The van der Waals surface area contributed by atoms with Gasteiger partial charge < -0.3 is 14.9 Å². The number of nitriles is 1. The molecule has 2 N–H and O–H groups in total. The summed E-state index contributed by atoms with van der Waals surface area (Å²) in [4.78, 5) is 10.3. The van der Waals surface area contributed by atoms with Crippen LogP contribution in [0, 0.1) is 11.3 Å². The Kier molecular flexibility index (Phi) is 5.52. The van der Waals surface area contributed by atoms with Gasteiger partial charge in [-0.2, -0.15) is 5.26 Å². The Bertz CT molecular complexity index is 451. The van der Waals surface area contributed by atoms with Crippen molar-refractivity contribution in [1.82, 2.24) is 0 Å². The van der Waals surface area contributed by atoms with Gasteiger partial charge in [-0.1, -0.05) is 0 Å². The maximum absolute atomic E-state index is 10.3. The van der Waals surface area contributed by atoms with Crippen LogP contribution < -0.4 is 4.74 Å². The average molecular weight is 249 g/mol. The number of phenolic OH excluding ortho intramolecular Hbond substituents is 1. The highest BCUT2D eigenvalue weighted by Crippen LogP contribution is 2.23. The third-order valence-corrected chi connectivity index (χ3v) is 2.38. The second-order valence-electron chi connectivity index (χ2n) is 3.85. The minimum atomic E-state index is -0.796. The zero-order chi connectivity index (χ0) is 13.4. The number of hydrogen-bond donors (Lipinski definition) is 2. The Morgan fingerprint density at radius 2 is 2.11 bits per heavy atom. The number of aromatic hydroxyl groups is 1. The molecule has 0 fully saturated rings. The van der Waals surface area contributed by atoms with Crippen molar-refractivity contribution in [2.24, 2.45) is 0 Å². The first-order chi connectivity index (χ1) is 8.63. The molecule has 5 nitrogen and oxygen atoms in total. The largest absolute Gasteiger partial charge is 0.508 e. The molecule has 5 heteroatoms. The van der Waals surface area contributed by atoms with E-state index in [2.05, 4.69) is 0 Å². The van der Waals surface area contributed by atoms with E-state index in [1.807, 2.05) is 6.07 Å². The summed E-state index contributed by atoms with van der Waals surface area (Å²) in [6.07, 6.45) is 2.25. The fraction of sp³-hybridized carbons (Fsp3) is 0.385. The quantitative estimate of drug-likeness (QED) is 0.723. The first kappa shape index (κ1) is 13.8. The number of phenols is 1. The molecule has 0 aliphatic carbocycles. The standard InChI is InChI=1S/C13H15NO4/c14-9-10-5-6-11(15)8-12(10)18-7-3-1-2-4-13(16)17/h5-6,8,15H,1-4,7H2,(H,16,17). The molecule has 0 aromatic heterocycles. The van der Waals surface area contributed by atoms with Crippen molar-refractivity contribution in [1.29, 1.82) is 5.26 Å². The lowest BCUT2D eigenvalue weighted by atomic mass is 10.2. The number of carboxylic acid groups (broad SMARTS) is 1. The molecule has 0 atom stereocenters. The number of unbranched alkanes of at least 4 members (excludes halogenated alkanes) is 2. The summed E-state index contributed by atoms with van der Waals surface area (Å²) in [6.45, 7) is 0.401. The summed E-state index contributed by atoms with van der Waals surface area (Å²) in [7, 11) is 0. The van der Waals surface area contributed by atoms with Crippen molar-refractivity contribution in [2.75, 3.05) is 6.61 Å². The summed E-state index contributed by atoms with van der Waals surface area (Å²) in [5.74, 6) is -0.388. The number of ether oxygens (including phenoxy) is 1. The van der Waals surface area contributed by atoms with Crippen molar-refractivity contribution < 1.29 is 19.7 Å². The lowest BCUT2D eigenvalue weighted by Crippen LogP contribution is -2.00. The van der Waals surface area contributed by atoms with Crippen LogP contribution in [0.5, 0.6) is 11.5 Å². The second-order valence-corrected chi connectivity index (χ2v) is 3.85. The van der Waals surface area contributed by atoms with Gasteiger partial charge in [-0.25, -0.2) is 0 Å². The summed E-state index contributed by atoms with van der Waals surface area (Å²) in [5.41, 5.74) is 0.373. The van der Waals surface area contributed by atoms with Gasteiger partial charge in [-0.3, -0.25) is 4.79 Å². The van der Waals surface area contributed by atoms with Crippen molar-refractivity contribution in [2.45, 2.75) is 25.7 Å². The third-order valence-electron chi connectivity index (χ3n) is 2.38. The molecular formula is C13H15NO4. The van der Waals surface area contributed by atoms with Crippen LogP contribution >= 0.6 is 0 Å². The lowest BCUT2D eigenvalue weighted by Gasteiger charge is -2.07. The van der Waals surface area contributed by atoms with E-state index in [0.717, 1.165) is 6.42 Å². The zero-order valence-corrected chi connectivity index (χ0v) is 9.93. The van der Waals surface area contributed by atoms with Gasteiger partial charge >= 0.3 is 5.97 Å². The molecule has 0 heterocycles. The average Bonchev–Trinajstić information content (AvgIpc) is 2.33. The predicted octanol–water partition coefficient (Wildman–Crippen LogP) is 2.29. The minimum absolute atomic E-state index is 0.0508. The molecule has 0 bridgehead atoms. The Hall–Kier alpha value is -2.22. The highest BCUT2D eigenvalue weighted by Gasteiger charge is 2.04. The van der Waals surface area contributed by atoms with Crippen LogP contribution in [0.25, 0.3) is 0 Å². The lowest BCUT2D eigenvalue weighted by molar-refractivity contribution is -0.137. The van der Waals surface area contributed by atoms with E-state index >= 15 is 0 Å². The molecule has 0 aliphatic rings. The van der Waals surface area contributed by atoms with E-state index in [0.29, 0.717) is 30.8 Å². The summed E-state index contributed by atoms with van der Waals surface area (Å²) in [5, 5.41) is 26.6. The second kappa shape index (κ2) is 7.17. The maximum Gasteiger partial charge on any atom is 0.303 e. The van der Waals surface area contributed by atoms with E-state index in [9.17, 15) is 9.90 Å². The highest BCUT2D eigenvalue weighted by molar-refractivity contribution is 5.66. The fourth-order valence-corrected chi connectivity index (χ4v) is 1.46. The number of carboxylic acids is 1. The first-order valence-corrected chi connectivity index (χ1v) is 5.71. The van der Waals surface area contributed by atoms with E-state index in [1.54, 1.807) is 0 Å². The molecule has 0 aliphatic heterocycles. The van der Waals surface area contributed by atoms with E-state index in [4.69, 9.17) is 15.1 Å². The summed E-state index contributed by atoms with van der Waals surface area (Å²) >= 11 is 0. The Morgan fingerprint density at radius 3 is 2.78 bits per heavy atom. The molecular weight excluding hydrogens is 234 g/mol. The molecule has 0 saturated heterocycles. The molecule has 1 aromatic carbocycles. The number of hydrogen-bond acceptors (Lipinski definition) is 4. The molecule has 0 amide bonds. The van der Waals surface area contributed by atoms with E-state index in [-0.39, 0.29) is 12.2 Å². The summed E-state index contributed by atoms with van der Waals surface area (Å²) in [6, 6.07) is 6.30. The Balaban J connectivity index is 2.33. The number of benzene rings is 1. The molecule has 18 heavy (non-hydrogen) atoms. The Labute approximate surface area is 105 Å². The fourth-order valence-electron chi connectivity index (χ4n) is 1.46. The van der Waals surface area contributed by atoms with Gasteiger partial charge in [0.25, 0.3) is 0 Å². The van der Waals surface area contributed by atoms with Crippen LogP contribution in [0.15, 0.2) is 18.2 Å². The molecule has 0 radical (unpaired) electrons. The van der Waals surface area contributed by atoms with Gasteiger partial charge in [-0.15, -0.1) is 0 Å². The van der Waals surface area contributed by atoms with Gasteiger partial charge in [0.05, 0.1) is 12.2 Å². The normalized spacial score (nSPS) is 9.72. The van der Waals surface area contributed by atoms with Crippen LogP contribution in [0.2, 0.25) is 0 Å². The predicted molar refractivity (Wildman–Crippen MR) is 64.4 cm³/mol. The third kappa shape index (κ3) is 4.74. The van der Waals surface area contributed by atoms with E-state index < -0.39 is 5.97 Å². The molecule has 1 rings (SSSR count). The summed E-state index contributed by atoms with van der Waals surface area (Å²) < 4.78 is 5.39. The van der Waals surface area contributed by atoms with Crippen LogP contribution in [0.1, 0.15) is 31.2 Å². The van der Waals surface area contributed by atoms with Gasteiger partial charge in [-0.05, 0) is 31.4 Å².